The van der Waals surface area contributed by atoms with Crippen LogP contribution in [0.1, 0.15) is 0 Å². The van der Waals surface area contributed by atoms with E-state index in [1.165, 1.54) is 0 Å². The largest absolute Gasteiger partial charge is 0.467 e. The third-order valence-electron chi connectivity index (χ3n) is 1.19. The molecule has 0 atom stereocenters. The molecule has 0 aromatic heterocycles. The SMILES string of the molecule is COC(=O)C(Cl)(Cl)C(Cl)(Cl)C(Cl)(Cl)Cl. The molecule has 9 heteroatoms. The molecular formula is C5H3Cl7O2. The van der Waals surface area contributed by atoms with Crippen LogP contribution >= 0.6 is 81.2 Å². The minimum atomic E-state index is -2.39. The van der Waals surface area contributed by atoms with Crippen molar-refractivity contribution in [3.63, 3.8) is 0 Å². The number of carbonyl (C=O) groups excluding carboxylic acids is 1. The lowest BCUT2D eigenvalue weighted by molar-refractivity contribution is -0.141. The Morgan fingerprint density at radius 2 is 1.36 bits per heavy atom. The number of rotatable bonds is 2. The van der Waals surface area contributed by atoms with E-state index in [1.807, 2.05) is 0 Å². The van der Waals surface area contributed by atoms with E-state index < -0.39 is 18.4 Å². The van der Waals surface area contributed by atoms with Crippen molar-refractivity contribution in [1.82, 2.24) is 0 Å². The van der Waals surface area contributed by atoms with Crippen molar-refractivity contribution in [2.24, 2.45) is 0 Å². The van der Waals surface area contributed by atoms with Crippen molar-refractivity contribution >= 4 is 87.2 Å². The maximum atomic E-state index is 11.1. The van der Waals surface area contributed by atoms with Crippen LogP contribution in [0.3, 0.4) is 0 Å². The highest BCUT2D eigenvalue weighted by Gasteiger charge is 2.64. The number of carbonyl (C=O) groups is 1. The summed E-state index contributed by atoms with van der Waals surface area (Å²) in [5, 5.41) is 0. The first-order valence-electron chi connectivity index (χ1n) is 2.89. The zero-order valence-corrected chi connectivity index (χ0v) is 11.8. The van der Waals surface area contributed by atoms with Crippen molar-refractivity contribution in [2.75, 3.05) is 7.11 Å². The van der Waals surface area contributed by atoms with E-state index in [0.717, 1.165) is 7.11 Å². The molecule has 0 heterocycles. The maximum absolute atomic E-state index is 11.1. The smallest absolute Gasteiger partial charge is 0.345 e. The summed E-state index contributed by atoms with van der Waals surface area (Å²) in [4.78, 5) is 11.1. The molecule has 0 aliphatic heterocycles. The second kappa shape index (κ2) is 4.79. The molecule has 0 bridgehead atoms. The summed E-state index contributed by atoms with van der Waals surface area (Å²) in [7, 11) is 1.03. The molecular weight excluding hydrogens is 340 g/mol. The number of halogens is 7. The Labute approximate surface area is 116 Å². The standard InChI is InChI=1S/C5H3Cl7O2/c1-14-2(13)3(6,7)4(8,9)5(10,11)12/h1H3. The molecule has 0 rings (SSSR count). The molecule has 0 radical (unpaired) electrons. The fraction of sp³-hybridized carbons (Fsp3) is 0.800. The maximum Gasteiger partial charge on any atom is 0.345 e. The monoisotopic (exact) mass is 340 g/mol. The number of methoxy groups -OCH3 is 1. The highest BCUT2D eigenvalue weighted by atomic mass is 35.6. The number of hydrogen-bond donors (Lipinski definition) is 0. The Kier molecular flexibility index (Phi) is 5.30. The first-order valence-corrected chi connectivity index (χ1v) is 5.54. The van der Waals surface area contributed by atoms with Crippen LogP contribution in [0, 0.1) is 0 Å². The molecule has 0 aliphatic rings. The molecule has 0 aromatic rings. The van der Waals surface area contributed by atoms with Gasteiger partial charge in [-0.3, -0.25) is 0 Å². The highest BCUT2D eigenvalue weighted by Crippen LogP contribution is 2.56. The van der Waals surface area contributed by atoms with E-state index in [2.05, 4.69) is 4.74 Å². The average Bonchev–Trinajstić information content (AvgIpc) is 2.00. The van der Waals surface area contributed by atoms with Crippen molar-refractivity contribution in [3.8, 4) is 0 Å². The van der Waals surface area contributed by atoms with Gasteiger partial charge in [-0.05, 0) is 0 Å². The fourth-order valence-corrected chi connectivity index (χ4v) is 1.74. The quantitative estimate of drug-likeness (QED) is 0.562. The van der Waals surface area contributed by atoms with Crippen molar-refractivity contribution in [2.45, 2.75) is 12.5 Å². The van der Waals surface area contributed by atoms with Crippen LogP contribution in [0.4, 0.5) is 0 Å². The first kappa shape index (κ1) is 15.5. The molecule has 0 spiro atoms. The number of ether oxygens (including phenoxy) is 1. The van der Waals surface area contributed by atoms with Gasteiger partial charge in [0.05, 0.1) is 7.11 Å². The third kappa shape index (κ3) is 2.79. The van der Waals surface area contributed by atoms with Crippen LogP contribution in [0.2, 0.25) is 0 Å². The average molecular weight is 343 g/mol. The molecule has 14 heavy (non-hydrogen) atoms. The molecule has 0 saturated carbocycles. The summed E-state index contributed by atoms with van der Waals surface area (Å²) in [6.45, 7) is 0. The first-order chi connectivity index (χ1) is 5.98. The van der Waals surface area contributed by atoms with Gasteiger partial charge in [0.25, 0.3) is 4.33 Å². The van der Waals surface area contributed by atoms with Crippen LogP contribution in [-0.4, -0.2) is 25.5 Å². The summed E-state index contributed by atoms with van der Waals surface area (Å²) < 4.78 is -2.75. The van der Waals surface area contributed by atoms with Crippen LogP contribution in [0.5, 0.6) is 0 Å². The Bertz CT molecular complexity index is 231. The summed E-state index contributed by atoms with van der Waals surface area (Å²) >= 11 is 38.4. The summed E-state index contributed by atoms with van der Waals surface area (Å²) in [5.74, 6) is -1.13. The van der Waals surface area contributed by atoms with Crippen LogP contribution in [-0.2, 0) is 9.53 Å². The van der Waals surface area contributed by atoms with Crippen molar-refractivity contribution < 1.29 is 9.53 Å². The van der Waals surface area contributed by atoms with E-state index in [-0.39, 0.29) is 0 Å². The summed E-state index contributed by atoms with van der Waals surface area (Å²) in [6.07, 6.45) is 0. The zero-order valence-electron chi connectivity index (χ0n) is 6.46. The van der Waals surface area contributed by atoms with Gasteiger partial charge >= 0.3 is 5.97 Å². The van der Waals surface area contributed by atoms with Gasteiger partial charge in [0.1, 0.15) is 0 Å². The third-order valence-corrected chi connectivity index (χ3v) is 5.02. The number of alkyl halides is 7. The highest BCUT2D eigenvalue weighted by molar-refractivity contribution is 6.80. The molecule has 0 aliphatic carbocycles. The van der Waals surface area contributed by atoms with Crippen LogP contribution in [0.25, 0.3) is 0 Å². The van der Waals surface area contributed by atoms with E-state index >= 15 is 0 Å². The Morgan fingerprint density at radius 1 is 1.00 bits per heavy atom. The second-order valence-corrected chi connectivity index (χ2v) is 7.07. The Morgan fingerprint density at radius 3 is 1.57 bits per heavy atom. The van der Waals surface area contributed by atoms with E-state index in [9.17, 15) is 4.79 Å². The van der Waals surface area contributed by atoms with Gasteiger partial charge in [-0.15, -0.1) is 0 Å². The molecule has 0 unspecified atom stereocenters. The molecule has 0 N–H and O–H groups in total. The van der Waals surface area contributed by atoms with Gasteiger partial charge in [0, 0.05) is 0 Å². The van der Waals surface area contributed by atoms with Crippen LogP contribution in [0.15, 0.2) is 0 Å². The van der Waals surface area contributed by atoms with Crippen molar-refractivity contribution in [1.29, 1.82) is 0 Å². The summed E-state index contributed by atoms with van der Waals surface area (Å²) in [6, 6.07) is 0. The molecule has 0 amide bonds. The molecule has 0 saturated heterocycles. The van der Waals surface area contributed by atoms with Gasteiger partial charge in [0.15, 0.2) is 0 Å². The molecule has 0 aromatic carbocycles. The van der Waals surface area contributed by atoms with E-state index in [0.29, 0.717) is 0 Å². The Balaban J connectivity index is 5.18. The van der Waals surface area contributed by atoms with Gasteiger partial charge < -0.3 is 4.74 Å². The lowest BCUT2D eigenvalue weighted by Crippen LogP contribution is -2.52. The second-order valence-electron chi connectivity index (χ2n) is 2.14. The topological polar surface area (TPSA) is 26.3 Å². The van der Waals surface area contributed by atoms with Gasteiger partial charge in [0.2, 0.25) is 8.13 Å². The normalized spacial score (nSPS) is 14.0. The number of esters is 1. The lowest BCUT2D eigenvalue weighted by Gasteiger charge is -2.35. The van der Waals surface area contributed by atoms with Crippen LogP contribution < -0.4 is 0 Å². The predicted molar refractivity (Wildman–Crippen MR) is 61.2 cm³/mol. The minimum Gasteiger partial charge on any atom is -0.467 e. The summed E-state index contributed by atoms with van der Waals surface area (Å²) in [5.41, 5.74) is 0. The van der Waals surface area contributed by atoms with Gasteiger partial charge in [-0.1, -0.05) is 81.2 Å². The zero-order chi connectivity index (χ0) is 11.8. The van der Waals surface area contributed by atoms with Crippen molar-refractivity contribution in [3.05, 3.63) is 0 Å². The molecule has 0 fully saturated rings. The number of hydrogen-bond acceptors (Lipinski definition) is 2. The van der Waals surface area contributed by atoms with Gasteiger partial charge in [-0.2, -0.15) is 0 Å². The molecule has 84 valence electrons. The van der Waals surface area contributed by atoms with E-state index in [4.69, 9.17) is 81.2 Å². The van der Waals surface area contributed by atoms with E-state index in [1.54, 1.807) is 0 Å². The molecule has 2 nitrogen and oxygen atoms in total. The Hall–Kier alpha value is 1.50. The van der Waals surface area contributed by atoms with Gasteiger partial charge in [-0.25, -0.2) is 4.79 Å². The predicted octanol–water partition coefficient (Wildman–Crippen LogP) is 3.88. The lowest BCUT2D eigenvalue weighted by atomic mass is 10.3. The fourth-order valence-electron chi connectivity index (χ4n) is 0.434. The minimum absolute atomic E-state index is 1.03.